The number of aromatic nitrogens is 2. The molecular weight excluding hydrogens is 551 g/mol. The summed E-state index contributed by atoms with van der Waals surface area (Å²) in [6, 6.07) is 20.1. The van der Waals surface area contributed by atoms with Crippen molar-refractivity contribution in [3.8, 4) is 17.2 Å². The second-order valence-electron chi connectivity index (χ2n) is 7.59. The number of amides is 1. The summed E-state index contributed by atoms with van der Waals surface area (Å²) in [6.45, 7) is 0.439. The van der Waals surface area contributed by atoms with Crippen LogP contribution in [0.5, 0.6) is 17.2 Å². The van der Waals surface area contributed by atoms with Gasteiger partial charge in [-0.3, -0.25) is 4.79 Å². The molecule has 1 amide bonds. The van der Waals surface area contributed by atoms with Crippen molar-refractivity contribution in [1.82, 2.24) is 15.6 Å². The maximum Gasteiger partial charge on any atom is 0.277 e. The number of carbonyl (C=O) groups excluding carboxylic acids is 1. The molecule has 9 nitrogen and oxygen atoms in total. The molecule has 0 aliphatic carbocycles. The minimum atomic E-state index is -0.343. The number of nitrogens with one attached hydrogen (secondary N) is 1. The van der Waals surface area contributed by atoms with E-state index in [0.29, 0.717) is 33.9 Å². The van der Waals surface area contributed by atoms with E-state index in [1.165, 1.54) is 6.21 Å². The van der Waals surface area contributed by atoms with Crippen LogP contribution in [-0.4, -0.2) is 35.2 Å². The van der Waals surface area contributed by atoms with Crippen molar-refractivity contribution in [2.24, 2.45) is 5.10 Å². The zero-order valence-corrected chi connectivity index (χ0v) is 22.4. The molecule has 0 fully saturated rings. The lowest BCUT2D eigenvalue weighted by atomic mass is 10.2. The number of methoxy groups -OCH3 is 1. The smallest absolute Gasteiger partial charge is 0.277 e. The van der Waals surface area contributed by atoms with Gasteiger partial charge in [-0.2, -0.15) is 5.10 Å². The fourth-order valence-corrected chi connectivity index (χ4v) is 4.08. The van der Waals surface area contributed by atoms with Crippen LogP contribution in [-0.2, 0) is 18.0 Å². The third-order valence-corrected chi connectivity index (χ3v) is 6.20. The normalized spacial score (nSPS) is 10.9. The van der Waals surface area contributed by atoms with E-state index in [9.17, 15) is 4.79 Å². The Morgan fingerprint density at radius 3 is 2.58 bits per heavy atom. The Balaban J connectivity index is 1.21. The molecule has 0 aliphatic heterocycles. The fraction of sp³-hybridized carbons (Fsp3) is 0.154. The summed E-state index contributed by atoms with van der Waals surface area (Å²) in [5, 5.41) is 12.9. The van der Waals surface area contributed by atoms with Crippen LogP contribution in [0.15, 0.2) is 81.5 Å². The van der Waals surface area contributed by atoms with Crippen LogP contribution in [0.3, 0.4) is 0 Å². The third kappa shape index (κ3) is 8.14. The van der Waals surface area contributed by atoms with Gasteiger partial charge in [0, 0.05) is 5.02 Å². The molecule has 38 heavy (non-hydrogen) atoms. The average Bonchev–Trinajstić information content (AvgIpc) is 3.39. The summed E-state index contributed by atoms with van der Waals surface area (Å²) in [5.41, 5.74) is 4.24. The molecule has 0 aliphatic rings. The van der Waals surface area contributed by atoms with E-state index in [1.54, 1.807) is 37.4 Å². The van der Waals surface area contributed by atoms with Crippen molar-refractivity contribution >= 4 is 47.1 Å². The Kier molecular flexibility index (Phi) is 9.85. The van der Waals surface area contributed by atoms with Gasteiger partial charge < -0.3 is 18.6 Å². The van der Waals surface area contributed by atoms with Crippen LogP contribution in [0, 0.1) is 0 Å². The van der Waals surface area contributed by atoms with Crippen molar-refractivity contribution in [2.75, 3.05) is 12.9 Å². The number of hydrogen-bond acceptors (Lipinski definition) is 9. The average molecular weight is 573 g/mol. The highest BCUT2D eigenvalue weighted by Gasteiger charge is 2.11. The molecule has 0 unspecified atom stereocenters. The van der Waals surface area contributed by atoms with Crippen LogP contribution in [0.2, 0.25) is 10.0 Å². The first-order chi connectivity index (χ1) is 18.5. The fourth-order valence-electron chi connectivity index (χ4n) is 3.04. The van der Waals surface area contributed by atoms with E-state index in [0.717, 1.165) is 22.9 Å². The third-order valence-electron chi connectivity index (χ3n) is 4.85. The lowest BCUT2D eigenvalue weighted by Crippen LogP contribution is -2.19. The Labute approximate surface area is 233 Å². The van der Waals surface area contributed by atoms with Gasteiger partial charge in [-0.15, -0.1) is 10.2 Å². The van der Waals surface area contributed by atoms with Gasteiger partial charge in [0.1, 0.15) is 12.4 Å². The molecule has 0 bridgehead atoms. The highest BCUT2D eigenvalue weighted by Crippen LogP contribution is 2.29. The Morgan fingerprint density at radius 2 is 1.79 bits per heavy atom. The first-order valence-corrected chi connectivity index (χ1v) is 12.9. The van der Waals surface area contributed by atoms with Crippen LogP contribution >= 0.6 is 35.0 Å². The van der Waals surface area contributed by atoms with E-state index in [2.05, 4.69) is 20.7 Å². The van der Waals surface area contributed by atoms with E-state index in [4.69, 9.17) is 41.8 Å². The number of hydrazone groups is 1. The summed E-state index contributed by atoms with van der Waals surface area (Å²) in [7, 11) is 1.56. The number of rotatable bonds is 12. The number of benzene rings is 3. The second kappa shape index (κ2) is 13.7. The first-order valence-electron chi connectivity index (χ1n) is 11.2. The molecule has 0 saturated carbocycles. The van der Waals surface area contributed by atoms with Crippen molar-refractivity contribution < 1.29 is 23.4 Å². The Hall–Kier alpha value is -3.73. The maximum atomic E-state index is 12.2. The van der Waals surface area contributed by atoms with Crippen LogP contribution in [0.4, 0.5) is 0 Å². The highest BCUT2D eigenvalue weighted by atomic mass is 35.5. The monoisotopic (exact) mass is 572 g/mol. The predicted molar refractivity (Wildman–Crippen MR) is 145 cm³/mol. The summed E-state index contributed by atoms with van der Waals surface area (Å²) < 4.78 is 22.3. The molecule has 12 heteroatoms. The molecule has 4 rings (SSSR count). The molecule has 3 aromatic carbocycles. The molecule has 0 radical (unpaired) electrons. The van der Waals surface area contributed by atoms with Gasteiger partial charge in [-0.25, -0.2) is 5.43 Å². The topological polar surface area (TPSA) is 108 Å². The number of ether oxygens (including phenoxy) is 3. The molecule has 1 N–H and O–H groups in total. The molecule has 0 spiro atoms. The molecular formula is C26H22Cl2N4O5S. The summed E-state index contributed by atoms with van der Waals surface area (Å²) in [5.74, 6) is 1.52. The summed E-state index contributed by atoms with van der Waals surface area (Å²) in [4.78, 5) is 12.2. The zero-order chi connectivity index (χ0) is 26.7. The number of nitrogens with zero attached hydrogens (tertiary/aromatic N) is 3. The van der Waals surface area contributed by atoms with E-state index >= 15 is 0 Å². The largest absolute Gasteiger partial charge is 0.493 e. The van der Waals surface area contributed by atoms with Gasteiger partial charge in [0.25, 0.3) is 17.0 Å². The van der Waals surface area contributed by atoms with Crippen LogP contribution in [0.25, 0.3) is 0 Å². The highest BCUT2D eigenvalue weighted by molar-refractivity contribution is 7.99. The maximum absolute atomic E-state index is 12.2. The minimum absolute atomic E-state index is 0.0188. The molecule has 1 heterocycles. The second-order valence-corrected chi connectivity index (χ2v) is 9.36. The van der Waals surface area contributed by atoms with E-state index in [1.807, 2.05) is 36.4 Å². The van der Waals surface area contributed by atoms with E-state index < -0.39 is 0 Å². The quantitative estimate of drug-likeness (QED) is 0.129. The standard InChI is InChI=1S/C26H22Cl2N4O5S/c1-34-23-11-18(7-9-22(23)35-14-17-5-3-2-4-6-17)13-29-30-24(33)16-38-26-32-31-25(37-26)15-36-21-10-8-19(27)12-20(21)28/h2-13H,14-16H2,1H3,(H,30,33)/b29-13-. The van der Waals surface area contributed by atoms with Crippen molar-refractivity contribution in [1.29, 1.82) is 0 Å². The van der Waals surface area contributed by atoms with Crippen molar-refractivity contribution in [3.63, 3.8) is 0 Å². The molecule has 4 aromatic rings. The van der Waals surface area contributed by atoms with Gasteiger partial charge in [-0.1, -0.05) is 65.3 Å². The number of halogens is 2. The lowest BCUT2D eigenvalue weighted by molar-refractivity contribution is -0.118. The van der Waals surface area contributed by atoms with Crippen molar-refractivity contribution in [2.45, 2.75) is 18.4 Å². The van der Waals surface area contributed by atoms with Gasteiger partial charge in [0.2, 0.25) is 0 Å². The lowest BCUT2D eigenvalue weighted by Gasteiger charge is -2.11. The molecule has 0 saturated heterocycles. The predicted octanol–water partition coefficient (Wildman–Crippen LogP) is 5.79. The van der Waals surface area contributed by atoms with Gasteiger partial charge >= 0.3 is 0 Å². The number of carbonyl (C=O) groups is 1. The first kappa shape index (κ1) is 27.3. The van der Waals surface area contributed by atoms with Crippen LogP contribution in [0.1, 0.15) is 17.0 Å². The van der Waals surface area contributed by atoms with Crippen LogP contribution < -0.4 is 19.6 Å². The SMILES string of the molecule is COc1cc(/C=N\NC(=O)CSc2nnc(COc3ccc(Cl)cc3Cl)o2)ccc1OCc1ccccc1. The van der Waals surface area contributed by atoms with Crippen molar-refractivity contribution in [3.05, 3.63) is 93.8 Å². The Morgan fingerprint density at radius 1 is 1.00 bits per heavy atom. The summed E-state index contributed by atoms with van der Waals surface area (Å²) in [6.07, 6.45) is 1.51. The Bertz CT molecular complexity index is 1400. The van der Waals surface area contributed by atoms with Gasteiger partial charge in [0.05, 0.1) is 24.1 Å². The number of hydrogen-bond donors (Lipinski definition) is 1. The molecule has 1 aromatic heterocycles. The molecule has 0 atom stereocenters. The number of thioether (sulfide) groups is 1. The van der Waals surface area contributed by atoms with Gasteiger partial charge in [-0.05, 0) is 47.5 Å². The minimum Gasteiger partial charge on any atom is -0.493 e. The molecule has 196 valence electrons. The summed E-state index contributed by atoms with van der Waals surface area (Å²) >= 11 is 13.0. The zero-order valence-electron chi connectivity index (χ0n) is 20.1. The van der Waals surface area contributed by atoms with Gasteiger partial charge in [0.15, 0.2) is 18.1 Å². The van der Waals surface area contributed by atoms with E-state index in [-0.39, 0.29) is 29.4 Å².